The van der Waals surface area contributed by atoms with E-state index in [-0.39, 0.29) is 5.41 Å². The molecule has 1 saturated heterocycles. The highest BCUT2D eigenvalue weighted by Gasteiger charge is 2.57. The molecule has 146 valence electrons. The minimum Gasteiger partial charge on any atom is -0.390 e. The van der Waals surface area contributed by atoms with Gasteiger partial charge in [-0.2, -0.15) is 0 Å². The maximum Gasteiger partial charge on any atom is 0.223 e. The molecular formula is C23H32N2O2. The van der Waals surface area contributed by atoms with Gasteiger partial charge in [0.1, 0.15) is 0 Å². The SMILES string of the molecule is O=C(CC12C[C@H]3C[C@@H](CC(O)(C3)C1)C2)N1CCN(Cc2ccccc2)CC1. The number of aliphatic hydroxyl groups is 1. The van der Waals surface area contributed by atoms with Crippen LogP contribution in [0.3, 0.4) is 0 Å². The van der Waals surface area contributed by atoms with Gasteiger partial charge >= 0.3 is 0 Å². The molecule has 2 atom stereocenters. The van der Waals surface area contributed by atoms with E-state index >= 15 is 0 Å². The zero-order valence-electron chi connectivity index (χ0n) is 16.3. The van der Waals surface area contributed by atoms with E-state index in [1.165, 1.54) is 24.8 Å². The van der Waals surface area contributed by atoms with Crippen molar-refractivity contribution in [3.63, 3.8) is 0 Å². The number of piperazine rings is 1. The predicted molar refractivity (Wildman–Crippen MR) is 105 cm³/mol. The summed E-state index contributed by atoms with van der Waals surface area (Å²) < 4.78 is 0. The first-order valence-corrected chi connectivity index (χ1v) is 10.8. The number of benzene rings is 1. The standard InChI is InChI=1S/C23H32N2O2/c26-21(15-22-11-19-10-20(12-22)14-23(27,13-19)17-22)25-8-6-24(7-9-25)16-18-4-2-1-3-5-18/h1-5,19-20,27H,6-17H2/t19-,20-,22?,23?/m1/s1. The maximum absolute atomic E-state index is 13.1. The molecule has 1 aliphatic heterocycles. The second-order valence-corrected chi connectivity index (χ2v) is 10.0. The van der Waals surface area contributed by atoms with Crippen LogP contribution in [0, 0.1) is 17.3 Å². The van der Waals surface area contributed by atoms with Crippen LogP contribution in [0.1, 0.15) is 50.5 Å². The molecular weight excluding hydrogens is 336 g/mol. The number of carbonyl (C=O) groups is 1. The number of nitrogens with zero attached hydrogens (tertiary/aromatic N) is 2. The fourth-order valence-corrected chi connectivity index (χ4v) is 7.04. The molecule has 4 nitrogen and oxygen atoms in total. The number of amides is 1. The highest BCUT2D eigenvalue weighted by Crippen LogP contribution is 2.62. The molecule has 0 aromatic heterocycles. The Hall–Kier alpha value is -1.39. The molecule has 27 heavy (non-hydrogen) atoms. The third-order valence-corrected chi connectivity index (χ3v) is 7.65. The number of rotatable bonds is 4. The summed E-state index contributed by atoms with van der Waals surface area (Å²) in [5.41, 5.74) is 0.981. The van der Waals surface area contributed by atoms with Crippen LogP contribution in [0.2, 0.25) is 0 Å². The molecule has 1 N–H and O–H groups in total. The van der Waals surface area contributed by atoms with E-state index in [9.17, 15) is 9.90 Å². The van der Waals surface area contributed by atoms with E-state index in [1.54, 1.807) is 0 Å². The lowest BCUT2D eigenvalue weighted by molar-refractivity contribution is -0.172. The molecule has 4 saturated carbocycles. The normalized spacial score (nSPS) is 38.3. The van der Waals surface area contributed by atoms with Gasteiger partial charge in [-0.15, -0.1) is 0 Å². The van der Waals surface area contributed by atoms with Crippen LogP contribution < -0.4 is 0 Å². The average molecular weight is 369 g/mol. The summed E-state index contributed by atoms with van der Waals surface area (Å²) >= 11 is 0. The lowest BCUT2D eigenvalue weighted by Gasteiger charge is -2.60. The van der Waals surface area contributed by atoms with Gasteiger partial charge in [-0.25, -0.2) is 0 Å². The van der Waals surface area contributed by atoms with Crippen LogP contribution in [0.5, 0.6) is 0 Å². The topological polar surface area (TPSA) is 43.8 Å². The highest BCUT2D eigenvalue weighted by molar-refractivity contribution is 5.77. The Bertz CT molecular complexity index is 682. The van der Waals surface area contributed by atoms with Gasteiger partial charge in [0.25, 0.3) is 0 Å². The Labute approximate surface area is 162 Å². The van der Waals surface area contributed by atoms with Gasteiger partial charge in [-0.05, 0) is 61.3 Å². The van der Waals surface area contributed by atoms with Crippen LogP contribution in [-0.2, 0) is 11.3 Å². The van der Waals surface area contributed by atoms with Gasteiger partial charge < -0.3 is 10.0 Å². The summed E-state index contributed by atoms with van der Waals surface area (Å²) in [6.07, 6.45) is 7.14. The molecule has 6 rings (SSSR count). The summed E-state index contributed by atoms with van der Waals surface area (Å²) in [4.78, 5) is 17.6. The molecule has 4 bridgehead atoms. The second-order valence-electron chi connectivity index (χ2n) is 10.0. The number of hydrogen-bond acceptors (Lipinski definition) is 3. The van der Waals surface area contributed by atoms with E-state index < -0.39 is 5.60 Å². The van der Waals surface area contributed by atoms with Crippen molar-refractivity contribution < 1.29 is 9.90 Å². The predicted octanol–water partition coefficient (Wildman–Crippen LogP) is 3.05. The van der Waals surface area contributed by atoms with Crippen LogP contribution in [0.4, 0.5) is 0 Å². The van der Waals surface area contributed by atoms with Crippen molar-refractivity contribution in [2.45, 2.75) is 57.1 Å². The molecule has 1 aromatic rings. The molecule has 5 fully saturated rings. The molecule has 5 aliphatic rings. The maximum atomic E-state index is 13.1. The zero-order valence-corrected chi connectivity index (χ0v) is 16.3. The fraction of sp³-hybridized carbons (Fsp3) is 0.696. The first kappa shape index (κ1) is 17.7. The lowest BCUT2D eigenvalue weighted by Crippen LogP contribution is -2.57. The van der Waals surface area contributed by atoms with Gasteiger partial charge in [-0.1, -0.05) is 30.3 Å². The molecule has 0 radical (unpaired) electrons. The quantitative estimate of drug-likeness (QED) is 0.888. The van der Waals surface area contributed by atoms with Gasteiger partial charge in [0.15, 0.2) is 0 Å². The monoisotopic (exact) mass is 368 g/mol. The van der Waals surface area contributed by atoms with Gasteiger partial charge in [0.05, 0.1) is 5.60 Å². The first-order valence-electron chi connectivity index (χ1n) is 10.8. The van der Waals surface area contributed by atoms with Gasteiger partial charge in [0, 0.05) is 39.1 Å². The van der Waals surface area contributed by atoms with E-state index in [0.29, 0.717) is 24.2 Å². The largest absolute Gasteiger partial charge is 0.390 e. The summed E-state index contributed by atoms with van der Waals surface area (Å²) in [5, 5.41) is 10.9. The summed E-state index contributed by atoms with van der Waals surface area (Å²) in [6, 6.07) is 10.6. The number of carbonyl (C=O) groups excluding carboxylic acids is 1. The van der Waals surface area contributed by atoms with E-state index in [0.717, 1.165) is 52.0 Å². The van der Waals surface area contributed by atoms with Crippen molar-refractivity contribution in [2.24, 2.45) is 17.3 Å². The van der Waals surface area contributed by atoms with Crippen molar-refractivity contribution in [2.75, 3.05) is 26.2 Å². The second kappa shape index (κ2) is 6.59. The molecule has 1 aromatic carbocycles. The Kier molecular flexibility index (Phi) is 4.32. The minimum absolute atomic E-state index is 0.0943. The molecule has 1 heterocycles. The van der Waals surface area contributed by atoms with E-state index in [4.69, 9.17) is 0 Å². The number of hydrogen-bond donors (Lipinski definition) is 1. The van der Waals surface area contributed by atoms with Crippen molar-refractivity contribution in [3.05, 3.63) is 35.9 Å². The minimum atomic E-state index is -0.460. The molecule has 0 unspecified atom stereocenters. The fourth-order valence-electron chi connectivity index (χ4n) is 7.04. The summed E-state index contributed by atoms with van der Waals surface area (Å²) in [5.74, 6) is 1.65. The average Bonchev–Trinajstić information content (AvgIpc) is 2.60. The van der Waals surface area contributed by atoms with Gasteiger partial charge in [0.2, 0.25) is 5.91 Å². The Balaban J connectivity index is 1.17. The summed E-state index contributed by atoms with van der Waals surface area (Å²) in [6.45, 7) is 4.59. The van der Waals surface area contributed by atoms with Crippen molar-refractivity contribution >= 4 is 5.91 Å². The van der Waals surface area contributed by atoms with Crippen LogP contribution in [0.25, 0.3) is 0 Å². The van der Waals surface area contributed by atoms with Crippen LogP contribution >= 0.6 is 0 Å². The smallest absolute Gasteiger partial charge is 0.223 e. The summed E-state index contributed by atoms with van der Waals surface area (Å²) in [7, 11) is 0. The van der Waals surface area contributed by atoms with E-state index in [1.807, 2.05) is 0 Å². The Morgan fingerprint density at radius 2 is 1.67 bits per heavy atom. The molecule has 4 aliphatic carbocycles. The Morgan fingerprint density at radius 1 is 1.00 bits per heavy atom. The third-order valence-electron chi connectivity index (χ3n) is 7.65. The zero-order chi connectivity index (χ0) is 18.5. The molecule has 0 spiro atoms. The van der Waals surface area contributed by atoms with Gasteiger partial charge in [-0.3, -0.25) is 9.69 Å². The van der Waals surface area contributed by atoms with Crippen molar-refractivity contribution in [1.29, 1.82) is 0 Å². The molecule has 4 heteroatoms. The van der Waals surface area contributed by atoms with Crippen molar-refractivity contribution in [1.82, 2.24) is 9.80 Å². The highest BCUT2D eigenvalue weighted by atomic mass is 16.3. The Morgan fingerprint density at radius 3 is 2.30 bits per heavy atom. The first-order chi connectivity index (χ1) is 13.0. The third kappa shape index (κ3) is 3.54. The lowest BCUT2D eigenvalue weighted by atomic mass is 9.47. The van der Waals surface area contributed by atoms with Crippen molar-refractivity contribution in [3.8, 4) is 0 Å². The van der Waals surface area contributed by atoms with Crippen LogP contribution in [-0.4, -0.2) is 52.6 Å². The van der Waals surface area contributed by atoms with Crippen LogP contribution in [0.15, 0.2) is 30.3 Å². The molecule has 1 amide bonds. The van der Waals surface area contributed by atoms with E-state index in [2.05, 4.69) is 40.1 Å².